The first-order valence-electron chi connectivity index (χ1n) is 9.18. The van der Waals surface area contributed by atoms with Gasteiger partial charge in [-0.25, -0.2) is 9.97 Å². The molecule has 6 aromatic rings. The number of oxazole rings is 2. The molecule has 29 heavy (non-hydrogen) atoms. The summed E-state index contributed by atoms with van der Waals surface area (Å²) in [6, 6.07) is 20.4. The lowest BCUT2D eigenvalue weighted by molar-refractivity contribution is 0.621. The largest absolute Gasteiger partial charge is 0.435 e. The van der Waals surface area contributed by atoms with Crippen molar-refractivity contribution in [1.29, 1.82) is 0 Å². The Hall–Kier alpha value is -3.22. The maximum absolute atomic E-state index is 5.98. The van der Waals surface area contributed by atoms with E-state index in [9.17, 15) is 0 Å². The van der Waals surface area contributed by atoms with Gasteiger partial charge in [-0.1, -0.05) is 24.3 Å². The average molecular weight is 415 g/mol. The van der Waals surface area contributed by atoms with E-state index in [-0.39, 0.29) is 0 Å². The molecule has 0 saturated heterocycles. The molecular weight excluding hydrogens is 400 g/mol. The number of benzene rings is 2. The number of fused-ring (bicyclic) bond motifs is 2. The summed E-state index contributed by atoms with van der Waals surface area (Å²) in [6.45, 7) is 0. The summed E-state index contributed by atoms with van der Waals surface area (Å²) < 4.78 is 12.0. The molecule has 6 rings (SSSR count). The molecular formula is C23H14N2O2S2. The molecule has 0 aliphatic carbocycles. The van der Waals surface area contributed by atoms with Crippen molar-refractivity contribution < 1.29 is 8.83 Å². The third-order valence-corrected chi connectivity index (χ3v) is 6.49. The van der Waals surface area contributed by atoms with Crippen LogP contribution in [0.5, 0.6) is 0 Å². The fourth-order valence-electron chi connectivity index (χ4n) is 3.40. The molecule has 0 unspecified atom stereocenters. The van der Waals surface area contributed by atoms with Crippen molar-refractivity contribution in [3.05, 3.63) is 82.6 Å². The predicted molar refractivity (Wildman–Crippen MR) is 117 cm³/mol. The molecule has 0 bridgehead atoms. The summed E-state index contributed by atoms with van der Waals surface area (Å²) in [5.74, 6) is 1.35. The van der Waals surface area contributed by atoms with E-state index in [1.807, 2.05) is 47.2 Å². The van der Waals surface area contributed by atoms with Gasteiger partial charge in [-0.2, -0.15) is 0 Å². The van der Waals surface area contributed by atoms with Crippen LogP contribution in [0.1, 0.15) is 11.1 Å². The second-order valence-corrected chi connectivity index (χ2v) is 8.67. The molecule has 0 N–H and O–H groups in total. The van der Waals surface area contributed by atoms with Crippen LogP contribution in [0.2, 0.25) is 0 Å². The molecule has 2 aromatic carbocycles. The fourth-order valence-corrected chi connectivity index (χ4v) is 4.70. The normalized spacial score (nSPS) is 11.6. The Bertz CT molecular complexity index is 1320. The zero-order valence-corrected chi connectivity index (χ0v) is 16.8. The van der Waals surface area contributed by atoms with E-state index in [1.165, 1.54) is 11.1 Å². The number of rotatable bonds is 4. The average Bonchev–Trinajstić information content (AvgIpc) is 3.53. The maximum Gasteiger partial charge on any atom is 0.237 e. The van der Waals surface area contributed by atoms with Gasteiger partial charge in [0.1, 0.15) is 11.0 Å². The minimum Gasteiger partial charge on any atom is -0.435 e. The van der Waals surface area contributed by atoms with Gasteiger partial charge in [0.15, 0.2) is 11.2 Å². The molecule has 0 saturated carbocycles. The Morgan fingerprint density at radius 1 is 0.655 bits per heavy atom. The molecule has 4 aromatic heterocycles. The molecule has 0 spiro atoms. The zero-order valence-electron chi connectivity index (χ0n) is 15.2. The Morgan fingerprint density at radius 2 is 1.17 bits per heavy atom. The first kappa shape index (κ1) is 16.7. The number of hydrogen-bond donors (Lipinski definition) is 0. The summed E-state index contributed by atoms with van der Waals surface area (Å²) in [7, 11) is 0. The molecule has 0 aliphatic rings. The summed E-state index contributed by atoms with van der Waals surface area (Å²) in [6.07, 6.45) is 0.788. The van der Waals surface area contributed by atoms with Gasteiger partial charge in [0.25, 0.3) is 0 Å². The van der Waals surface area contributed by atoms with Crippen molar-refractivity contribution in [1.82, 2.24) is 9.97 Å². The van der Waals surface area contributed by atoms with Crippen LogP contribution < -0.4 is 0 Å². The third-order valence-electron chi connectivity index (χ3n) is 4.78. The lowest BCUT2D eigenvalue weighted by Gasteiger charge is -2.01. The second kappa shape index (κ2) is 6.69. The van der Waals surface area contributed by atoms with Crippen molar-refractivity contribution in [3.8, 4) is 21.5 Å². The zero-order chi connectivity index (χ0) is 19.2. The van der Waals surface area contributed by atoms with Gasteiger partial charge in [0, 0.05) is 0 Å². The summed E-state index contributed by atoms with van der Waals surface area (Å²) >= 11 is 3.26. The van der Waals surface area contributed by atoms with E-state index in [1.54, 1.807) is 22.7 Å². The minimum absolute atomic E-state index is 0.677. The monoisotopic (exact) mass is 414 g/mol. The smallest absolute Gasteiger partial charge is 0.237 e. The lowest BCUT2D eigenvalue weighted by Crippen LogP contribution is -1.87. The minimum atomic E-state index is 0.677. The van der Waals surface area contributed by atoms with Crippen molar-refractivity contribution in [2.45, 2.75) is 6.42 Å². The van der Waals surface area contributed by atoms with Crippen LogP contribution in [0.15, 0.2) is 80.3 Å². The second-order valence-electron chi connectivity index (χ2n) is 6.77. The molecule has 0 amide bonds. The Labute approximate surface area is 174 Å². The third kappa shape index (κ3) is 3.06. The van der Waals surface area contributed by atoms with Crippen molar-refractivity contribution >= 4 is 44.9 Å². The number of thiophene rings is 2. The summed E-state index contributed by atoms with van der Waals surface area (Å²) in [5.41, 5.74) is 5.72. The lowest BCUT2D eigenvalue weighted by atomic mass is 10.0. The Morgan fingerprint density at radius 3 is 1.62 bits per heavy atom. The first-order valence-corrected chi connectivity index (χ1v) is 10.9. The quantitative estimate of drug-likeness (QED) is 0.311. The van der Waals surface area contributed by atoms with E-state index >= 15 is 0 Å². The van der Waals surface area contributed by atoms with Gasteiger partial charge >= 0.3 is 0 Å². The fraction of sp³-hybridized carbons (Fsp3) is 0.0435. The highest BCUT2D eigenvalue weighted by molar-refractivity contribution is 7.13. The summed E-state index contributed by atoms with van der Waals surface area (Å²) in [5, 5.41) is 4.05. The maximum atomic E-state index is 5.98. The van der Waals surface area contributed by atoms with Crippen LogP contribution in [-0.2, 0) is 6.42 Å². The standard InChI is InChI=1S/C23H14N2O2S2/c1-3-20(28-9-1)22-24-16-7-5-14(12-18(16)26-22)11-15-6-8-17-19(13-15)27-23(25-17)21-4-2-10-29-21/h1-10,12-13H,11H2. The van der Waals surface area contributed by atoms with Gasteiger partial charge < -0.3 is 8.83 Å². The van der Waals surface area contributed by atoms with Gasteiger partial charge in [0.2, 0.25) is 11.8 Å². The van der Waals surface area contributed by atoms with Crippen LogP contribution >= 0.6 is 22.7 Å². The van der Waals surface area contributed by atoms with Crippen LogP contribution in [0, 0.1) is 0 Å². The molecule has 0 radical (unpaired) electrons. The summed E-state index contributed by atoms with van der Waals surface area (Å²) in [4.78, 5) is 11.3. The number of nitrogens with zero attached hydrogens (tertiary/aromatic N) is 2. The predicted octanol–water partition coefficient (Wildman–Crippen LogP) is 7.02. The van der Waals surface area contributed by atoms with Crippen LogP contribution in [0.3, 0.4) is 0 Å². The first-order chi connectivity index (χ1) is 14.3. The van der Waals surface area contributed by atoms with E-state index in [0.717, 1.165) is 38.4 Å². The highest BCUT2D eigenvalue weighted by atomic mass is 32.1. The van der Waals surface area contributed by atoms with E-state index in [0.29, 0.717) is 11.8 Å². The van der Waals surface area contributed by atoms with E-state index in [4.69, 9.17) is 8.83 Å². The van der Waals surface area contributed by atoms with Crippen LogP contribution in [0.25, 0.3) is 43.7 Å². The molecule has 140 valence electrons. The van der Waals surface area contributed by atoms with Crippen molar-refractivity contribution in [3.63, 3.8) is 0 Å². The molecule has 0 fully saturated rings. The molecule has 0 aliphatic heterocycles. The van der Waals surface area contributed by atoms with Gasteiger partial charge in [0.05, 0.1) is 9.75 Å². The molecule has 6 heteroatoms. The molecule has 4 nitrogen and oxygen atoms in total. The van der Waals surface area contributed by atoms with E-state index in [2.05, 4.69) is 34.2 Å². The number of aromatic nitrogens is 2. The Balaban J connectivity index is 1.31. The Kier molecular flexibility index (Phi) is 3.85. The van der Waals surface area contributed by atoms with Gasteiger partial charge in [-0.15, -0.1) is 22.7 Å². The highest BCUT2D eigenvalue weighted by Crippen LogP contribution is 2.30. The highest BCUT2D eigenvalue weighted by Gasteiger charge is 2.12. The number of hydrogen-bond acceptors (Lipinski definition) is 6. The van der Waals surface area contributed by atoms with Crippen LogP contribution in [-0.4, -0.2) is 9.97 Å². The van der Waals surface area contributed by atoms with Crippen molar-refractivity contribution in [2.24, 2.45) is 0 Å². The van der Waals surface area contributed by atoms with Crippen molar-refractivity contribution in [2.75, 3.05) is 0 Å². The van der Waals surface area contributed by atoms with Gasteiger partial charge in [-0.05, 0) is 64.7 Å². The molecule has 0 atom stereocenters. The SMILES string of the molecule is c1csc(-c2nc3ccc(Cc4ccc5nc(-c6cccs6)oc5c4)cc3o2)c1. The van der Waals surface area contributed by atoms with Crippen LogP contribution in [0.4, 0.5) is 0 Å². The molecule has 4 heterocycles. The van der Waals surface area contributed by atoms with Gasteiger partial charge in [-0.3, -0.25) is 0 Å². The van der Waals surface area contributed by atoms with E-state index < -0.39 is 0 Å². The topological polar surface area (TPSA) is 52.1 Å².